The first-order valence-corrected chi connectivity index (χ1v) is 8.45. The van der Waals surface area contributed by atoms with Gasteiger partial charge in [-0.15, -0.1) is 0 Å². The van der Waals surface area contributed by atoms with Crippen molar-refractivity contribution < 1.29 is 23.8 Å². The lowest BCUT2D eigenvalue weighted by Crippen LogP contribution is -2.60. The molecule has 0 spiro atoms. The molecule has 1 heterocycles. The van der Waals surface area contributed by atoms with Crippen molar-refractivity contribution in [2.45, 2.75) is 11.6 Å². The third-order valence-electron chi connectivity index (χ3n) is 4.61. The molecule has 0 aliphatic carbocycles. The number of hydrogen-bond donors (Lipinski definition) is 0. The molecule has 0 saturated heterocycles. The van der Waals surface area contributed by atoms with E-state index < -0.39 is 23.6 Å². The Morgan fingerprint density at radius 1 is 0.926 bits per heavy atom. The third-order valence-corrected chi connectivity index (χ3v) is 4.61. The second-order valence-electron chi connectivity index (χ2n) is 6.11. The van der Waals surface area contributed by atoms with Crippen molar-refractivity contribution >= 4 is 23.4 Å². The number of para-hydroxylation sites is 1. The van der Waals surface area contributed by atoms with Crippen LogP contribution in [0.5, 0.6) is 0 Å². The summed E-state index contributed by atoms with van der Waals surface area (Å²) in [5.74, 6) is -1.21. The molecule has 2 aromatic carbocycles. The maximum absolute atomic E-state index is 12.8. The first-order chi connectivity index (χ1) is 13.0. The highest BCUT2D eigenvalue weighted by Crippen LogP contribution is 2.39. The number of ether oxygens (including phenoxy) is 3. The van der Waals surface area contributed by atoms with Crippen LogP contribution in [-0.4, -0.2) is 44.8 Å². The van der Waals surface area contributed by atoms with Crippen LogP contribution in [0.4, 0.5) is 5.69 Å². The van der Waals surface area contributed by atoms with Gasteiger partial charge in [0, 0.05) is 18.3 Å². The van der Waals surface area contributed by atoms with E-state index in [1.807, 2.05) is 60.7 Å². The van der Waals surface area contributed by atoms with E-state index in [4.69, 9.17) is 14.2 Å². The summed E-state index contributed by atoms with van der Waals surface area (Å²) < 4.78 is 15.8. The van der Waals surface area contributed by atoms with E-state index in [9.17, 15) is 9.59 Å². The largest absolute Gasteiger partial charge is 0.466 e. The highest BCUT2D eigenvalue weighted by Gasteiger charge is 2.62. The molecule has 6 nitrogen and oxygen atoms in total. The van der Waals surface area contributed by atoms with E-state index >= 15 is 0 Å². The lowest BCUT2D eigenvalue weighted by molar-refractivity contribution is -0.178. The Kier molecular flexibility index (Phi) is 5.16. The van der Waals surface area contributed by atoms with Crippen LogP contribution < -0.4 is 4.90 Å². The van der Waals surface area contributed by atoms with Gasteiger partial charge in [0.15, 0.2) is 0 Å². The van der Waals surface area contributed by atoms with Crippen molar-refractivity contribution in [1.29, 1.82) is 0 Å². The molecule has 0 N–H and O–H groups in total. The van der Waals surface area contributed by atoms with Crippen LogP contribution in [-0.2, 0) is 23.8 Å². The zero-order valence-electron chi connectivity index (χ0n) is 15.4. The highest BCUT2D eigenvalue weighted by atomic mass is 16.6. The zero-order valence-corrected chi connectivity index (χ0v) is 15.4. The van der Waals surface area contributed by atoms with E-state index in [0.29, 0.717) is 5.76 Å². The van der Waals surface area contributed by atoms with Crippen LogP contribution >= 0.6 is 0 Å². The molecule has 27 heavy (non-hydrogen) atoms. The molecule has 0 aromatic heterocycles. The number of anilines is 1. The Labute approximate surface area is 158 Å². The molecule has 3 rings (SSSR count). The summed E-state index contributed by atoms with van der Waals surface area (Å²) >= 11 is 0. The number of methoxy groups -OCH3 is 2. The Balaban J connectivity index is 2.13. The molecule has 0 saturated carbocycles. The smallest absolute Gasteiger partial charge is 0.364 e. The van der Waals surface area contributed by atoms with Crippen molar-refractivity contribution in [3.05, 3.63) is 72.3 Å². The van der Waals surface area contributed by atoms with Gasteiger partial charge in [-0.3, -0.25) is 0 Å². The van der Waals surface area contributed by atoms with E-state index in [-0.39, 0.29) is 0 Å². The summed E-state index contributed by atoms with van der Waals surface area (Å²) in [5, 5.41) is 0. The standard InChI is InChI=1S/C21H21NO5/c1-22(16-12-8-5-9-13-16)18-14-17(15-10-6-4-7-11-15)27-21(18,19(23)25-2)20(24)26-3/h4-14,18H,1-3H3. The maximum Gasteiger partial charge on any atom is 0.364 e. The fraction of sp³-hybridized carbons (Fsp3) is 0.238. The van der Waals surface area contributed by atoms with E-state index in [0.717, 1.165) is 11.3 Å². The number of rotatable bonds is 5. The number of hydrogen-bond acceptors (Lipinski definition) is 6. The first kappa shape index (κ1) is 18.5. The Morgan fingerprint density at radius 2 is 1.44 bits per heavy atom. The highest BCUT2D eigenvalue weighted by molar-refractivity contribution is 6.07. The summed E-state index contributed by atoms with van der Waals surface area (Å²) in [5.41, 5.74) is -0.397. The van der Waals surface area contributed by atoms with Gasteiger partial charge in [0.05, 0.1) is 14.2 Å². The van der Waals surface area contributed by atoms with Gasteiger partial charge in [0.1, 0.15) is 11.8 Å². The third kappa shape index (κ3) is 3.14. The Morgan fingerprint density at radius 3 is 1.96 bits per heavy atom. The lowest BCUT2D eigenvalue weighted by Gasteiger charge is -2.35. The number of esters is 2. The summed E-state index contributed by atoms with van der Waals surface area (Å²) in [6.07, 6.45) is 1.75. The van der Waals surface area contributed by atoms with Crippen LogP contribution in [0, 0.1) is 0 Å². The molecule has 140 valence electrons. The van der Waals surface area contributed by atoms with Crippen molar-refractivity contribution in [2.75, 3.05) is 26.2 Å². The molecule has 0 fully saturated rings. The number of benzene rings is 2. The normalized spacial score (nSPS) is 17.4. The summed E-state index contributed by atoms with van der Waals surface area (Å²) in [6, 6.07) is 17.9. The molecule has 2 aromatic rings. The quantitative estimate of drug-likeness (QED) is 0.598. The molecular weight excluding hydrogens is 346 g/mol. The topological polar surface area (TPSA) is 65.1 Å². The average molecular weight is 367 g/mol. The van der Waals surface area contributed by atoms with Gasteiger partial charge in [-0.05, 0) is 18.2 Å². The molecule has 1 unspecified atom stereocenters. The first-order valence-electron chi connectivity index (χ1n) is 8.45. The zero-order chi connectivity index (χ0) is 19.4. The maximum atomic E-state index is 12.8. The molecular formula is C21H21NO5. The molecule has 1 aliphatic rings. The summed E-state index contributed by atoms with van der Waals surface area (Å²) in [6.45, 7) is 0. The van der Waals surface area contributed by atoms with Crippen molar-refractivity contribution in [3.63, 3.8) is 0 Å². The van der Waals surface area contributed by atoms with Gasteiger partial charge in [-0.1, -0.05) is 48.5 Å². The second-order valence-corrected chi connectivity index (χ2v) is 6.11. The van der Waals surface area contributed by atoms with Gasteiger partial charge in [0.2, 0.25) is 0 Å². The Bertz CT molecular complexity index is 831. The number of likely N-dealkylation sites (N-methyl/N-ethyl adjacent to an activating group) is 1. The number of nitrogens with zero attached hydrogens (tertiary/aromatic N) is 1. The van der Waals surface area contributed by atoms with Gasteiger partial charge >= 0.3 is 17.5 Å². The molecule has 0 amide bonds. The predicted molar refractivity (Wildman–Crippen MR) is 101 cm³/mol. The molecule has 1 atom stereocenters. The van der Waals surface area contributed by atoms with Crippen LogP contribution in [0.2, 0.25) is 0 Å². The average Bonchev–Trinajstić information content (AvgIpc) is 3.15. The van der Waals surface area contributed by atoms with Gasteiger partial charge in [-0.25, -0.2) is 9.59 Å². The predicted octanol–water partition coefficient (Wildman–Crippen LogP) is 2.65. The molecule has 0 radical (unpaired) electrons. The minimum atomic E-state index is -1.96. The van der Waals surface area contributed by atoms with Gasteiger partial charge in [0.25, 0.3) is 0 Å². The summed E-state index contributed by atoms with van der Waals surface area (Å²) in [4.78, 5) is 27.3. The minimum absolute atomic E-state index is 0.416. The van der Waals surface area contributed by atoms with Crippen LogP contribution in [0.1, 0.15) is 5.56 Å². The molecule has 1 aliphatic heterocycles. The van der Waals surface area contributed by atoms with Crippen LogP contribution in [0.15, 0.2) is 66.7 Å². The van der Waals surface area contributed by atoms with Crippen molar-refractivity contribution in [2.24, 2.45) is 0 Å². The van der Waals surface area contributed by atoms with Crippen molar-refractivity contribution in [1.82, 2.24) is 0 Å². The SMILES string of the molecule is COC(=O)C1(C(=O)OC)OC(c2ccccc2)=CC1N(C)c1ccccc1. The second kappa shape index (κ2) is 7.53. The molecule has 6 heteroatoms. The van der Waals surface area contributed by atoms with Gasteiger partial charge in [-0.2, -0.15) is 0 Å². The molecule has 0 bridgehead atoms. The van der Waals surface area contributed by atoms with Crippen LogP contribution in [0.3, 0.4) is 0 Å². The van der Waals surface area contributed by atoms with E-state index in [1.54, 1.807) is 18.0 Å². The van der Waals surface area contributed by atoms with E-state index in [2.05, 4.69) is 0 Å². The lowest BCUT2D eigenvalue weighted by atomic mass is 9.93. The number of carbonyl (C=O) groups is 2. The van der Waals surface area contributed by atoms with Crippen molar-refractivity contribution in [3.8, 4) is 0 Å². The van der Waals surface area contributed by atoms with E-state index in [1.165, 1.54) is 14.2 Å². The Hall–Kier alpha value is -3.28. The monoisotopic (exact) mass is 367 g/mol. The van der Waals surface area contributed by atoms with Crippen LogP contribution in [0.25, 0.3) is 5.76 Å². The fourth-order valence-electron chi connectivity index (χ4n) is 3.21. The van der Waals surface area contributed by atoms with Gasteiger partial charge < -0.3 is 19.1 Å². The minimum Gasteiger partial charge on any atom is -0.466 e. The summed E-state index contributed by atoms with van der Waals surface area (Å²) in [7, 11) is 4.22. The number of carbonyl (C=O) groups excluding carboxylic acids is 2. The fourth-order valence-corrected chi connectivity index (χ4v) is 3.21.